The van der Waals surface area contributed by atoms with Crippen LogP contribution in [-0.4, -0.2) is 46.3 Å². The monoisotopic (exact) mass is 463 g/mol. The van der Waals surface area contributed by atoms with Crippen molar-refractivity contribution in [3.63, 3.8) is 0 Å². The fourth-order valence-corrected chi connectivity index (χ4v) is 3.98. The minimum absolute atomic E-state index is 0.0134. The summed E-state index contributed by atoms with van der Waals surface area (Å²) in [5.41, 5.74) is 2.93. The molecule has 0 saturated heterocycles. The molecule has 0 unspecified atom stereocenters. The Bertz CT molecular complexity index is 1340. The standard InChI is InChI=1S/C25H26FN5O3/c1-15-23(17-10-11-31-18(12-17)13-22(28-31)27-24(32)16-8-9-16)25(29-34-15)33-14-21(30(2)3)19-6-4-5-7-20(19)26/h4-7,10-13,16,21H,8-9,14H2,1-3H3,(H,27,28,32)/t21-/m1/s1. The van der Waals surface area contributed by atoms with Crippen LogP contribution >= 0.6 is 0 Å². The zero-order chi connectivity index (χ0) is 23.8. The van der Waals surface area contributed by atoms with Crippen molar-refractivity contribution < 1.29 is 18.4 Å². The molecule has 0 aliphatic heterocycles. The van der Waals surface area contributed by atoms with E-state index in [1.54, 1.807) is 16.6 Å². The molecule has 1 N–H and O–H groups in total. The fraction of sp³-hybridized carbons (Fsp3) is 0.320. The third-order valence-corrected chi connectivity index (χ3v) is 6.05. The molecular weight excluding hydrogens is 437 g/mol. The zero-order valence-electron chi connectivity index (χ0n) is 19.3. The van der Waals surface area contributed by atoms with E-state index in [4.69, 9.17) is 9.26 Å². The van der Waals surface area contributed by atoms with Gasteiger partial charge in [0.25, 0.3) is 5.88 Å². The molecule has 1 fully saturated rings. The number of amides is 1. The second-order valence-electron chi connectivity index (χ2n) is 8.81. The number of anilines is 1. The molecule has 5 rings (SSSR count). The molecule has 0 bridgehead atoms. The topological polar surface area (TPSA) is 84.9 Å². The van der Waals surface area contributed by atoms with Crippen LogP contribution in [0.25, 0.3) is 16.6 Å². The number of aromatic nitrogens is 3. The largest absolute Gasteiger partial charge is 0.473 e. The van der Waals surface area contributed by atoms with E-state index in [-0.39, 0.29) is 30.3 Å². The molecule has 1 aliphatic rings. The van der Waals surface area contributed by atoms with Gasteiger partial charge in [-0.05, 0) is 62.8 Å². The smallest absolute Gasteiger partial charge is 0.262 e. The summed E-state index contributed by atoms with van der Waals surface area (Å²) in [4.78, 5) is 14.0. The Balaban J connectivity index is 1.39. The lowest BCUT2D eigenvalue weighted by atomic mass is 10.1. The highest BCUT2D eigenvalue weighted by atomic mass is 19.1. The molecule has 1 atom stereocenters. The minimum atomic E-state index is -0.305. The molecule has 1 aliphatic carbocycles. The van der Waals surface area contributed by atoms with Crippen molar-refractivity contribution in [2.75, 3.05) is 26.0 Å². The molecule has 4 aromatic rings. The Morgan fingerprint density at radius 2 is 2.09 bits per heavy atom. The summed E-state index contributed by atoms with van der Waals surface area (Å²) in [7, 11) is 3.76. The van der Waals surface area contributed by atoms with Crippen LogP contribution in [0.15, 0.2) is 53.2 Å². The van der Waals surface area contributed by atoms with Crippen LogP contribution in [0.4, 0.5) is 10.2 Å². The highest BCUT2D eigenvalue weighted by molar-refractivity contribution is 5.93. The number of likely N-dealkylation sites (N-methyl/N-ethyl adjacent to an activating group) is 1. The third kappa shape index (κ3) is 4.38. The number of halogens is 1. The first kappa shape index (κ1) is 22.1. The van der Waals surface area contributed by atoms with Crippen LogP contribution in [0.5, 0.6) is 5.88 Å². The lowest BCUT2D eigenvalue weighted by Gasteiger charge is -2.24. The Kier molecular flexibility index (Phi) is 5.79. The number of rotatable bonds is 8. The van der Waals surface area contributed by atoms with E-state index in [1.165, 1.54) is 6.07 Å². The van der Waals surface area contributed by atoms with Crippen LogP contribution in [0.3, 0.4) is 0 Å². The summed E-state index contributed by atoms with van der Waals surface area (Å²) in [6.45, 7) is 2.01. The van der Waals surface area contributed by atoms with E-state index in [1.807, 2.05) is 56.4 Å². The highest BCUT2D eigenvalue weighted by Gasteiger charge is 2.30. The Morgan fingerprint density at radius 1 is 1.29 bits per heavy atom. The van der Waals surface area contributed by atoms with Crippen molar-refractivity contribution in [3.05, 3.63) is 65.8 Å². The molecule has 0 spiro atoms. The highest BCUT2D eigenvalue weighted by Crippen LogP contribution is 2.35. The molecule has 9 heteroatoms. The number of nitrogens with zero attached hydrogens (tertiary/aromatic N) is 4. The molecule has 1 aromatic carbocycles. The SMILES string of the molecule is Cc1onc(OC[C@H](c2ccccc2F)N(C)C)c1-c1ccn2nc(NC(=O)C3CC3)cc2c1. The van der Waals surface area contributed by atoms with E-state index < -0.39 is 0 Å². The summed E-state index contributed by atoms with van der Waals surface area (Å²) < 4.78 is 27.6. The second-order valence-corrected chi connectivity index (χ2v) is 8.81. The van der Waals surface area contributed by atoms with Gasteiger partial charge in [-0.1, -0.05) is 18.2 Å². The number of benzene rings is 1. The van der Waals surface area contributed by atoms with E-state index in [0.29, 0.717) is 23.0 Å². The number of carbonyl (C=O) groups is 1. The van der Waals surface area contributed by atoms with Crippen molar-refractivity contribution in [2.24, 2.45) is 5.92 Å². The Hall–Kier alpha value is -3.72. The van der Waals surface area contributed by atoms with Crippen molar-refractivity contribution >= 4 is 17.2 Å². The Labute approximate surface area is 196 Å². The maximum Gasteiger partial charge on any atom is 0.262 e. The van der Waals surface area contributed by atoms with Crippen molar-refractivity contribution in [2.45, 2.75) is 25.8 Å². The molecule has 8 nitrogen and oxygen atoms in total. The lowest BCUT2D eigenvalue weighted by molar-refractivity contribution is -0.117. The number of pyridine rings is 1. The van der Waals surface area contributed by atoms with Crippen molar-refractivity contribution in [3.8, 4) is 17.0 Å². The zero-order valence-corrected chi connectivity index (χ0v) is 19.3. The number of nitrogens with one attached hydrogen (secondary N) is 1. The molecule has 3 heterocycles. The molecule has 0 radical (unpaired) electrons. The number of hydrogen-bond donors (Lipinski definition) is 1. The summed E-state index contributed by atoms with van der Waals surface area (Å²) in [6, 6.07) is 12.0. The maximum absolute atomic E-state index is 14.4. The summed E-state index contributed by atoms with van der Waals surface area (Å²) in [6.07, 6.45) is 3.69. The predicted molar refractivity (Wildman–Crippen MR) is 125 cm³/mol. The number of hydrogen-bond acceptors (Lipinski definition) is 6. The summed E-state index contributed by atoms with van der Waals surface area (Å²) >= 11 is 0. The van der Waals surface area contributed by atoms with Gasteiger partial charge in [-0.3, -0.25) is 9.69 Å². The van der Waals surface area contributed by atoms with Crippen LogP contribution in [-0.2, 0) is 4.79 Å². The average Bonchev–Trinajstić information content (AvgIpc) is 3.49. The van der Waals surface area contributed by atoms with Gasteiger partial charge in [-0.2, -0.15) is 5.10 Å². The van der Waals surface area contributed by atoms with Gasteiger partial charge in [0, 0.05) is 23.7 Å². The molecule has 3 aromatic heterocycles. The van der Waals surface area contributed by atoms with Gasteiger partial charge in [-0.25, -0.2) is 8.91 Å². The quantitative estimate of drug-likeness (QED) is 0.415. The molecule has 1 saturated carbocycles. The summed E-state index contributed by atoms with van der Waals surface area (Å²) in [5.74, 6) is 1.30. The first-order valence-electron chi connectivity index (χ1n) is 11.2. The van der Waals surface area contributed by atoms with E-state index in [2.05, 4.69) is 15.6 Å². The van der Waals surface area contributed by atoms with Crippen molar-refractivity contribution in [1.29, 1.82) is 0 Å². The van der Waals surface area contributed by atoms with Crippen LogP contribution in [0.2, 0.25) is 0 Å². The van der Waals surface area contributed by atoms with E-state index in [9.17, 15) is 9.18 Å². The van der Waals surface area contributed by atoms with Gasteiger partial charge < -0.3 is 14.6 Å². The second kappa shape index (κ2) is 8.90. The fourth-order valence-electron chi connectivity index (χ4n) is 3.98. The van der Waals surface area contributed by atoms with Gasteiger partial charge in [0.15, 0.2) is 5.82 Å². The van der Waals surface area contributed by atoms with Gasteiger partial charge in [0.1, 0.15) is 18.2 Å². The normalized spacial score (nSPS) is 14.5. The van der Waals surface area contributed by atoms with Gasteiger partial charge in [0.05, 0.1) is 17.1 Å². The van der Waals surface area contributed by atoms with E-state index >= 15 is 0 Å². The summed E-state index contributed by atoms with van der Waals surface area (Å²) in [5, 5.41) is 11.4. The molecule has 1 amide bonds. The van der Waals surface area contributed by atoms with Crippen LogP contribution < -0.4 is 10.1 Å². The van der Waals surface area contributed by atoms with Gasteiger partial charge >= 0.3 is 0 Å². The minimum Gasteiger partial charge on any atom is -0.473 e. The number of fused-ring (bicyclic) bond motifs is 1. The lowest BCUT2D eigenvalue weighted by Crippen LogP contribution is -2.26. The number of aryl methyl sites for hydroxylation is 1. The van der Waals surface area contributed by atoms with Crippen molar-refractivity contribution in [1.82, 2.24) is 19.7 Å². The average molecular weight is 464 g/mol. The first-order chi connectivity index (χ1) is 16.4. The third-order valence-electron chi connectivity index (χ3n) is 6.05. The van der Waals surface area contributed by atoms with Crippen LogP contribution in [0.1, 0.15) is 30.2 Å². The number of ether oxygens (including phenoxy) is 1. The Morgan fingerprint density at radius 3 is 2.82 bits per heavy atom. The molecule has 176 valence electrons. The first-order valence-corrected chi connectivity index (χ1v) is 11.2. The van der Waals surface area contributed by atoms with Gasteiger partial charge in [0.2, 0.25) is 5.91 Å². The maximum atomic E-state index is 14.4. The van der Waals surface area contributed by atoms with E-state index in [0.717, 1.165) is 29.5 Å². The predicted octanol–water partition coefficient (Wildman–Crippen LogP) is 4.47. The molecule has 34 heavy (non-hydrogen) atoms. The van der Waals surface area contributed by atoms with Crippen LogP contribution in [0, 0.1) is 18.7 Å². The number of carbonyl (C=O) groups excluding carboxylic acids is 1. The molecular formula is C25H26FN5O3. The van der Waals surface area contributed by atoms with Gasteiger partial charge in [-0.15, -0.1) is 0 Å².